The minimum absolute atomic E-state index is 0.00849. The molecule has 0 atom stereocenters. The van der Waals surface area contributed by atoms with Crippen molar-refractivity contribution in [3.63, 3.8) is 0 Å². The quantitative estimate of drug-likeness (QED) is 0.505. The Morgan fingerprint density at radius 3 is 2.42 bits per heavy atom. The lowest BCUT2D eigenvalue weighted by Gasteiger charge is -1.94. The van der Waals surface area contributed by atoms with Gasteiger partial charge in [0.15, 0.2) is 5.78 Å². The van der Waals surface area contributed by atoms with Crippen molar-refractivity contribution >= 4 is 17.4 Å². The highest BCUT2D eigenvalue weighted by atomic mass is 35.5. The number of allylic oxidation sites excluding steroid dienone is 2. The molecule has 0 fully saturated rings. The third kappa shape index (κ3) is 2.21. The van der Waals surface area contributed by atoms with Crippen molar-refractivity contribution in [3.05, 3.63) is 47.0 Å². The minimum atomic E-state index is 0.00849. The fraction of sp³-hybridized carbons (Fsp3) is 0.100. The molecule has 0 saturated heterocycles. The van der Waals surface area contributed by atoms with Crippen LogP contribution >= 0.6 is 11.6 Å². The Balaban J connectivity index is 2.90. The van der Waals surface area contributed by atoms with Crippen molar-refractivity contribution < 1.29 is 4.79 Å². The van der Waals surface area contributed by atoms with Crippen molar-refractivity contribution in [2.45, 2.75) is 6.92 Å². The zero-order valence-electron chi connectivity index (χ0n) is 6.75. The lowest BCUT2D eigenvalue weighted by molar-refractivity contribution is 0.104. The van der Waals surface area contributed by atoms with Crippen LogP contribution < -0.4 is 0 Å². The second kappa shape index (κ2) is 4.07. The molecule has 0 N–H and O–H groups in total. The van der Waals surface area contributed by atoms with E-state index in [1.807, 2.05) is 6.92 Å². The molecular weight excluding hydrogens is 172 g/mol. The molecule has 1 rings (SSSR count). The van der Waals surface area contributed by atoms with E-state index in [0.29, 0.717) is 10.6 Å². The highest BCUT2D eigenvalue weighted by molar-refractivity contribution is 6.30. The highest BCUT2D eigenvalue weighted by Gasteiger charge is 1.99. The number of rotatable bonds is 2. The molecule has 1 nitrogen and oxygen atoms in total. The Morgan fingerprint density at radius 1 is 1.33 bits per heavy atom. The summed E-state index contributed by atoms with van der Waals surface area (Å²) in [7, 11) is 0. The third-order valence-corrected chi connectivity index (χ3v) is 1.70. The summed E-state index contributed by atoms with van der Waals surface area (Å²) in [4.78, 5) is 11.2. The molecule has 0 aliphatic rings. The van der Waals surface area contributed by atoms with Gasteiger partial charge in [0, 0.05) is 10.6 Å². The van der Waals surface area contributed by atoms with Gasteiger partial charge in [0.25, 0.3) is 0 Å². The van der Waals surface area contributed by atoms with Gasteiger partial charge in [-0.05, 0) is 37.3 Å². The van der Waals surface area contributed by atoms with Gasteiger partial charge in [-0.1, -0.05) is 17.7 Å². The van der Waals surface area contributed by atoms with Gasteiger partial charge in [-0.15, -0.1) is 0 Å². The summed E-state index contributed by atoms with van der Waals surface area (Å²) in [6, 6.07) is 6.84. The van der Waals surface area contributed by atoms with E-state index < -0.39 is 0 Å². The van der Waals surface area contributed by atoms with Crippen molar-refractivity contribution in [3.8, 4) is 0 Å². The van der Waals surface area contributed by atoms with Crippen LogP contribution in [0.4, 0.5) is 0 Å². The molecule has 0 aliphatic carbocycles. The van der Waals surface area contributed by atoms with Gasteiger partial charge in [0.2, 0.25) is 0 Å². The Bertz CT molecular complexity index is 298. The standard InChI is InChI=1S/C10H9ClO/c1-2-3-10(12)8-4-6-9(11)7-5-8/h2-7H,1H3/b3-2+. The number of carbonyl (C=O) groups excluding carboxylic acids is 1. The molecule has 0 saturated carbocycles. The van der Waals surface area contributed by atoms with Gasteiger partial charge in [-0.2, -0.15) is 0 Å². The lowest BCUT2D eigenvalue weighted by atomic mass is 10.1. The first-order valence-electron chi connectivity index (χ1n) is 3.66. The topological polar surface area (TPSA) is 17.1 Å². The van der Waals surface area contributed by atoms with Gasteiger partial charge < -0.3 is 0 Å². The number of carbonyl (C=O) groups is 1. The SMILES string of the molecule is C/C=C/C(=O)c1ccc(Cl)cc1. The molecule has 0 unspecified atom stereocenters. The van der Waals surface area contributed by atoms with E-state index in [2.05, 4.69) is 0 Å². The Hall–Kier alpha value is -1.08. The Labute approximate surface area is 76.7 Å². The first-order chi connectivity index (χ1) is 5.74. The molecule has 0 heterocycles. The van der Waals surface area contributed by atoms with Gasteiger partial charge in [-0.3, -0.25) is 4.79 Å². The molecule has 0 bridgehead atoms. The van der Waals surface area contributed by atoms with E-state index in [0.717, 1.165) is 0 Å². The second-order valence-electron chi connectivity index (χ2n) is 2.37. The maximum absolute atomic E-state index is 11.2. The maximum Gasteiger partial charge on any atom is 0.185 e. The number of hydrogen-bond donors (Lipinski definition) is 0. The van der Waals surface area contributed by atoms with Gasteiger partial charge in [0.05, 0.1) is 0 Å². The molecule has 1 aromatic rings. The summed E-state index contributed by atoms with van der Waals surface area (Å²) in [6.45, 7) is 1.81. The average molecular weight is 181 g/mol. The van der Waals surface area contributed by atoms with E-state index in [1.54, 1.807) is 30.3 Å². The molecule has 0 amide bonds. The van der Waals surface area contributed by atoms with Crippen LogP contribution in [0.2, 0.25) is 5.02 Å². The van der Waals surface area contributed by atoms with Crippen LogP contribution in [0.3, 0.4) is 0 Å². The molecule has 12 heavy (non-hydrogen) atoms. The van der Waals surface area contributed by atoms with E-state index in [4.69, 9.17) is 11.6 Å². The number of benzene rings is 1. The summed E-state index contributed by atoms with van der Waals surface area (Å²) >= 11 is 5.66. The fourth-order valence-corrected chi connectivity index (χ4v) is 0.988. The third-order valence-electron chi connectivity index (χ3n) is 1.45. The molecule has 0 aromatic heterocycles. The number of hydrogen-bond acceptors (Lipinski definition) is 1. The van der Waals surface area contributed by atoms with Crippen molar-refractivity contribution in [1.29, 1.82) is 0 Å². The highest BCUT2D eigenvalue weighted by Crippen LogP contribution is 2.10. The van der Waals surface area contributed by atoms with Crippen LogP contribution in [0.25, 0.3) is 0 Å². The van der Waals surface area contributed by atoms with E-state index >= 15 is 0 Å². The van der Waals surface area contributed by atoms with Crippen LogP contribution in [0.15, 0.2) is 36.4 Å². The molecular formula is C10H9ClO. The first kappa shape index (κ1) is 9.01. The van der Waals surface area contributed by atoms with Crippen molar-refractivity contribution in [2.24, 2.45) is 0 Å². The normalized spacial score (nSPS) is 10.5. The van der Waals surface area contributed by atoms with Crippen LogP contribution in [0.5, 0.6) is 0 Å². The predicted molar refractivity (Wildman–Crippen MR) is 50.6 cm³/mol. The zero-order chi connectivity index (χ0) is 8.97. The van der Waals surface area contributed by atoms with Gasteiger partial charge >= 0.3 is 0 Å². The Kier molecular flexibility index (Phi) is 3.06. The summed E-state index contributed by atoms with van der Waals surface area (Å²) in [5, 5.41) is 0.645. The largest absolute Gasteiger partial charge is 0.289 e. The number of ketones is 1. The molecule has 0 spiro atoms. The molecule has 62 valence electrons. The predicted octanol–water partition coefficient (Wildman–Crippen LogP) is 3.10. The van der Waals surface area contributed by atoms with Crippen LogP contribution in [0.1, 0.15) is 17.3 Å². The summed E-state index contributed by atoms with van der Waals surface area (Å²) in [6.07, 6.45) is 3.25. The molecule has 0 radical (unpaired) electrons. The zero-order valence-corrected chi connectivity index (χ0v) is 7.51. The minimum Gasteiger partial charge on any atom is -0.289 e. The molecule has 2 heteroatoms. The van der Waals surface area contributed by atoms with Crippen LogP contribution in [-0.4, -0.2) is 5.78 Å². The second-order valence-corrected chi connectivity index (χ2v) is 2.81. The summed E-state index contributed by atoms with van der Waals surface area (Å²) in [5.41, 5.74) is 0.664. The van der Waals surface area contributed by atoms with Crippen LogP contribution in [-0.2, 0) is 0 Å². The average Bonchev–Trinajstić information content (AvgIpc) is 2.06. The van der Waals surface area contributed by atoms with E-state index in [-0.39, 0.29) is 5.78 Å². The van der Waals surface area contributed by atoms with E-state index in [1.165, 1.54) is 6.08 Å². The van der Waals surface area contributed by atoms with Crippen LogP contribution in [0, 0.1) is 0 Å². The summed E-state index contributed by atoms with van der Waals surface area (Å²) in [5.74, 6) is 0.00849. The molecule has 1 aromatic carbocycles. The summed E-state index contributed by atoms with van der Waals surface area (Å²) < 4.78 is 0. The molecule has 0 aliphatic heterocycles. The van der Waals surface area contributed by atoms with Gasteiger partial charge in [0.1, 0.15) is 0 Å². The van der Waals surface area contributed by atoms with E-state index in [9.17, 15) is 4.79 Å². The van der Waals surface area contributed by atoms with Gasteiger partial charge in [-0.25, -0.2) is 0 Å². The van der Waals surface area contributed by atoms with Crippen molar-refractivity contribution in [1.82, 2.24) is 0 Å². The number of halogens is 1. The maximum atomic E-state index is 11.2. The van der Waals surface area contributed by atoms with Crippen molar-refractivity contribution in [2.75, 3.05) is 0 Å². The fourth-order valence-electron chi connectivity index (χ4n) is 0.862. The Morgan fingerprint density at radius 2 is 1.92 bits per heavy atom. The monoisotopic (exact) mass is 180 g/mol. The smallest absolute Gasteiger partial charge is 0.185 e. The first-order valence-corrected chi connectivity index (χ1v) is 4.04. The lowest BCUT2D eigenvalue weighted by Crippen LogP contribution is -1.92.